The first-order valence-corrected chi connectivity index (χ1v) is 6.29. The van der Waals surface area contributed by atoms with Crippen molar-refractivity contribution in [2.24, 2.45) is 5.11 Å². The van der Waals surface area contributed by atoms with Gasteiger partial charge >= 0.3 is 0 Å². The molecule has 11 heteroatoms. The van der Waals surface area contributed by atoms with Gasteiger partial charge in [0.1, 0.15) is 16.8 Å². The number of ether oxygens (including phenoxy) is 1. The van der Waals surface area contributed by atoms with E-state index < -0.39 is 30.8 Å². The number of rotatable bonds is 3. The van der Waals surface area contributed by atoms with E-state index in [2.05, 4.69) is 15.0 Å². The number of aromatic nitrogens is 2. The Balaban J connectivity index is 2.47. The molecular weight excluding hydrogens is 306 g/mol. The van der Waals surface area contributed by atoms with E-state index in [9.17, 15) is 15.3 Å². The minimum atomic E-state index is -1.96. The molecule has 1 aromatic heterocycles. The van der Waals surface area contributed by atoms with Gasteiger partial charge in [-0.25, -0.2) is 0 Å². The Labute approximate surface area is 122 Å². The minimum Gasteiger partial charge on any atom is -0.393 e. The topological polar surface area (TPSA) is 139 Å². The summed E-state index contributed by atoms with van der Waals surface area (Å²) in [5, 5.41) is 32.5. The van der Waals surface area contributed by atoms with Crippen molar-refractivity contribution < 1.29 is 20.1 Å². The van der Waals surface area contributed by atoms with Gasteiger partial charge in [0.2, 0.25) is 5.72 Å². The zero-order valence-electron chi connectivity index (χ0n) is 9.95. The van der Waals surface area contributed by atoms with Crippen LogP contribution in [0.1, 0.15) is 6.23 Å². The number of nitrogens with one attached hydrogen (secondary N) is 1. The average molecular weight is 317 g/mol. The van der Waals surface area contributed by atoms with Gasteiger partial charge in [-0.2, -0.15) is 0 Å². The number of aromatic amines is 1. The van der Waals surface area contributed by atoms with Crippen LogP contribution >= 0.6 is 24.4 Å². The number of aliphatic hydroxyl groups excluding tert-OH is 3. The lowest BCUT2D eigenvalue weighted by molar-refractivity contribution is -0.124. The molecule has 20 heavy (non-hydrogen) atoms. The molecule has 0 saturated carbocycles. The highest BCUT2D eigenvalue weighted by Crippen LogP contribution is 2.38. The molecule has 4 N–H and O–H groups in total. The minimum absolute atomic E-state index is 0.156. The Hall–Kier alpha value is -1.33. The van der Waals surface area contributed by atoms with Gasteiger partial charge in [-0.3, -0.25) is 4.57 Å². The summed E-state index contributed by atoms with van der Waals surface area (Å²) >= 11 is 9.95. The van der Waals surface area contributed by atoms with Crippen LogP contribution in [0.5, 0.6) is 0 Å². The molecule has 2 rings (SSSR count). The van der Waals surface area contributed by atoms with Crippen LogP contribution in [0.15, 0.2) is 17.4 Å². The highest BCUT2D eigenvalue weighted by molar-refractivity contribution is 7.72. The molecule has 0 spiro atoms. The predicted octanol–water partition coefficient (Wildman–Crippen LogP) is 0.525. The van der Waals surface area contributed by atoms with Crippen LogP contribution in [0.2, 0.25) is 0 Å². The SMILES string of the molecule is [N-]=[N+]=N[C@]1(CO)O[C@@H](n2ccc(=S)[nH]c2=S)C(O)[C@H]1O. The maximum Gasteiger partial charge on any atom is 0.200 e. The second-order valence-electron chi connectivity index (χ2n) is 4.15. The molecule has 108 valence electrons. The molecule has 0 aliphatic carbocycles. The van der Waals surface area contributed by atoms with Gasteiger partial charge in [-0.15, -0.1) is 0 Å². The van der Waals surface area contributed by atoms with E-state index >= 15 is 0 Å². The quantitative estimate of drug-likeness (QED) is 0.277. The molecule has 1 fully saturated rings. The summed E-state index contributed by atoms with van der Waals surface area (Å²) < 4.78 is 7.20. The summed E-state index contributed by atoms with van der Waals surface area (Å²) in [5.74, 6) is 0. The number of nitrogens with zero attached hydrogens (tertiary/aromatic N) is 4. The van der Waals surface area contributed by atoms with Crippen molar-refractivity contribution >= 4 is 24.4 Å². The van der Waals surface area contributed by atoms with Crippen molar-refractivity contribution in [1.82, 2.24) is 9.55 Å². The van der Waals surface area contributed by atoms with Gasteiger partial charge < -0.3 is 25.0 Å². The first kappa shape index (κ1) is 15.1. The lowest BCUT2D eigenvalue weighted by Gasteiger charge is -2.23. The first-order valence-electron chi connectivity index (χ1n) is 5.48. The van der Waals surface area contributed by atoms with Crippen molar-refractivity contribution in [3.8, 4) is 0 Å². The zero-order chi connectivity index (χ0) is 14.9. The van der Waals surface area contributed by atoms with Crippen LogP contribution in [0.4, 0.5) is 0 Å². The Morgan fingerprint density at radius 2 is 2.25 bits per heavy atom. The number of hydrogen-bond donors (Lipinski definition) is 4. The largest absolute Gasteiger partial charge is 0.393 e. The van der Waals surface area contributed by atoms with E-state index in [1.54, 1.807) is 0 Å². The molecule has 1 aromatic rings. The normalized spacial score (nSPS) is 32.9. The fourth-order valence-electron chi connectivity index (χ4n) is 1.94. The second kappa shape index (κ2) is 5.58. The number of aliphatic hydroxyl groups is 3. The van der Waals surface area contributed by atoms with Crippen LogP contribution in [-0.2, 0) is 4.74 Å². The van der Waals surface area contributed by atoms with E-state index in [1.807, 2.05) is 0 Å². The monoisotopic (exact) mass is 317 g/mol. The molecule has 1 saturated heterocycles. The third-order valence-electron chi connectivity index (χ3n) is 2.97. The van der Waals surface area contributed by atoms with E-state index in [-0.39, 0.29) is 4.77 Å². The fourth-order valence-corrected chi connectivity index (χ4v) is 2.44. The van der Waals surface area contributed by atoms with Gasteiger partial charge in [0.05, 0.1) is 6.61 Å². The van der Waals surface area contributed by atoms with Crippen LogP contribution in [0, 0.1) is 9.41 Å². The Morgan fingerprint density at radius 1 is 1.55 bits per heavy atom. The third-order valence-corrected chi connectivity index (χ3v) is 3.52. The van der Waals surface area contributed by atoms with Crippen LogP contribution in [0.3, 0.4) is 0 Å². The predicted molar refractivity (Wildman–Crippen MR) is 71.5 cm³/mol. The highest BCUT2D eigenvalue weighted by atomic mass is 32.1. The molecule has 0 bridgehead atoms. The maximum atomic E-state index is 10.0. The number of azide groups is 1. The van der Waals surface area contributed by atoms with Crippen molar-refractivity contribution in [3.63, 3.8) is 0 Å². The summed E-state index contributed by atoms with van der Waals surface area (Å²) in [5.41, 5.74) is 6.54. The van der Waals surface area contributed by atoms with Gasteiger partial charge in [0, 0.05) is 11.1 Å². The molecule has 9 nitrogen and oxygen atoms in total. The lowest BCUT2D eigenvalue weighted by atomic mass is 10.1. The summed E-state index contributed by atoms with van der Waals surface area (Å²) in [6.45, 7) is -0.790. The van der Waals surface area contributed by atoms with E-state index in [4.69, 9.17) is 34.7 Å². The maximum absolute atomic E-state index is 10.0. The standard InChI is InChI=1S/C9H11N5O4S2/c10-13-12-9(3-15)6(17)5(16)7(18-9)14-2-1-4(19)11-8(14)20/h1-2,5-7,15-17H,3H2,(H,11,19,20)/t5?,6-,7-,9-/m1/s1. The zero-order valence-corrected chi connectivity index (χ0v) is 11.6. The summed E-state index contributed by atoms with van der Waals surface area (Å²) in [7, 11) is 0. The molecule has 1 aliphatic rings. The van der Waals surface area contributed by atoms with Crippen LogP contribution < -0.4 is 0 Å². The Morgan fingerprint density at radius 3 is 2.80 bits per heavy atom. The van der Waals surface area contributed by atoms with Crippen LogP contribution in [-0.4, -0.2) is 49.4 Å². The molecule has 0 amide bonds. The van der Waals surface area contributed by atoms with E-state index in [1.165, 1.54) is 16.8 Å². The van der Waals surface area contributed by atoms with Crippen molar-refractivity contribution in [2.75, 3.05) is 6.61 Å². The van der Waals surface area contributed by atoms with Gasteiger partial charge in [0.15, 0.2) is 11.0 Å². The smallest absolute Gasteiger partial charge is 0.200 e. The van der Waals surface area contributed by atoms with Crippen molar-refractivity contribution in [1.29, 1.82) is 0 Å². The van der Waals surface area contributed by atoms with Crippen molar-refractivity contribution in [2.45, 2.75) is 24.2 Å². The lowest BCUT2D eigenvalue weighted by Crippen LogP contribution is -2.44. The molecule has 2 heterocycles. The average Bonchev–Trinajstić information content (AvgIpc) is 2.65. The van der Waals surface area contributed by atoms with E-state index in [0.717, 1.165) is 0 Å². The molecule has 4 atom stereocenters. The summed E-state index contributed by atoms with van der Waals surface area (Å²) in [4.78, 5) is 5.20. The molecule has 1 aliphatic heterocycles. The highest BCUT2D eigenvalue weighted by Gasteiger charge is 2.54. The fraction of sp³-hybridized carbons (Fsp3) is 0.556. The Kier molecular flexibility index (Phi) is 4.20. The second-order valence-corrected chi connectivity index (χ2v) is 4.98. The number of H-pyrrole nitrogens is 1. The van der Waals surface area contributed by atoms with E-state index in [0.29, 0.717) is 4.64 Å². The number of hydrogen-bond acceptors (Lipinski definition) is 7. The molecular formula is C9H11N5O4S2. The Bertz CT molecular complexity index is 669. The van der Waals surface area contributed by atoms with Crippen LogP contribution in [0.25, 0.3) is 10.4 Å². The summed E-state index contributed by atoms with van der Waals surface area (Å²) in [6, 6.07) is 1.51. The molecule has 0 aromatic carbocycles. The summed E-state index contributed by atoms with van der Waals surface area (Å²) in [6.07, 6.45) is -2.70. The molecule has 0 radical (unpaired) electrons. The van der Waals surface area contributed by atoms with Crippen molar-refractivity contribution in [3.05, 3.63) is 32.1 Å². The molecule has 1 unspecified atom stereocenters. The first-order chi connectivity index (χ1) is 9.45. The van der Waals surface area contributed by atoms with Gasteiger partial charge in [-0.05, 0) is 23.8 Å². The van der Waals surface area contributed by atoms with Gasteiger partial charge in [0.25, 0.3) is 0 Å². The third kappa shape index (κ3) is 2.36. The van der Waals surface area contributed by atoms with Gasteiger partial charge in [-0.1, -0.05) is 17.3 Å².